The highest BCUT2D eigenvalue weighted by Gasteiger charge is 2.21. The second kappa shape index (κ2) is 8.17. The van der Waals surface area contributed by atoms with Crippen molar-refractivity contribution in [3.8, 4) is 0 Å². The summed E-state index contributed by atoms with van der Waals surface area (Å²) in [6.45, 7) is 2.30. The van der Waals surface area contributed by atoms with Gasteiger partial charge >= 0.3 is 0 Å². The van der Waals surface area contributed by atoms with Crippen LogP contribution in [0.1, 0.15) is 15.9 Å². The van der Waals surface area contributed by atoms with Gasteiger partial charge in [-0.1, -0.05) is 6.07 Å². The Morgan fingerprint density at radius 3 is 2.69 bits per heavy atom. The van der Waals surface area contributed by atoms with Gasteiger partial charge in [0, 0.05) is 42.7 Å². The molecule has 1 saturated heterocycles. The zero-order chi connectivity index (χ0) is 18.4. The molecule has 3 rings (SSSR count). The van der Waals surface area contributed by atoms with E-state index in [1.54, 1.807) is 24.3 Å². The summed E-state index contributed by atoms with van der Waals surface area (Å²) >= 11 is 0. The monoisotopic (exact) mass is 355 g/mol. The third-order valence-corrected chi connectivity index (χ3v) is 3.87. The molecule has 1 aliphatic heterocycles. The highest BCUT2D eigenvalue weighted by molar-refractivity contribution is 5.94. The Labute approximate surface area is 149 Å². The maximum atomic E-state index is 11.9. The second-order valence-electron chi connectivity index (χ2n) is 5.54. The van der Waals surface area contributed by atoms with Gasteiger partial charge in [0.05, 0.1) is 24.4 Å². The molecule has 2 aromatic rings. The van der Waals surface area contributed by atoms with Crippen LogP contribution in [0.25, 0.3) is 0 Å². The van der Waals surface area contributed by atoms with Crippen LogP contribution in [0.4, 0.5) is 11.4 Å². The molecule has 9 heteroatoms. The van der Waals surface area contributed by atoms with Crippen molar-refractivity contribution < 1.29 is 14.5 Å². The Balaban J connectivity index is 1.73. The SMILES string of the molecule is O=C(N/N=C/c1ccc(N2CCOCC2)c([N+](=O)[O-])c1)c1ccncc1. The Kier molecular flexibility index (Phi) is 5.49. The lowest BCUT2D eigenvalue weighted by atomic mass is 10.1. The zero-order valence-corrected chi connectivity index (χ0v) is 13.9. The molecule has 134 valence electrons. The van der Waals surface area contributed by atoms with Crippen molar-refractivity contribution in [2.75, 3.05) is 31.2 Å². The number of hydrogen-bond donors (Lipinski definition) is 1. The number of hydrazone groups is 1. The average molecular weight is 355 g/mol. The summed E-state index contributed by atoms with van der Waals surface area (Å²) in [6.07, 6.45) is 4.38. The number of anilines is 1. The van der Waals surface area contributed by atoms with Crippen molar-refractivity contribution in [1.29, 1.82) is 0 Å². The quantitative estimate of drug-likeness (QED) is 0.495. The maximum Gasteiger partial charge on any atom is 0.293 e. The molecule has 1 aromatic carbocycles. The van der Waals surface area contributed by atoms with E-state index in [0.29, 0.717) is 43.1 Å². The van der Waals surface area contributed by atoms with Crippen molar-refractivity contribution in [3.63, 3.8) is 0 Å². The number of nitro benzene ring substituents is 1. The van der Waals surface area contributed by atoms with Gasteiger partial charge in [-0.15, -0.1) is 0 Å². The van der Waals surface area contributed by atoms with E-state index < -0.39 is 4.92 Å². The third kappa shape index (κ3) is 4.19. The molecule has 0 atom stereocenters. The first-order chi connectivity index (χ1) is 12.6. The Morgan fingerprint density at radius 1 is 1.27 bits per heavy atom. The van der Waals surface area contributed by atoms with E-state index >= 15 is 0 Å². The van der Waals surface area contributed by atoms with E-state index in [-0.39, 0.29) is 11.6 Å². The molecule has 0 saturated carbocycles. The van der Waals surface area contributed by atoms with E-state index in [4.69, 9.17) is 4.74 Å². The fourth-order valence-electron chi connectivity index (χ4n) is 2.57. The number of nitrogens with one attached hydrogen (secondary N) is 1. The second-order valence-corrected chi connectivity index (χ2v) is 5.54. The Hall–Kier alpha value is -3.33. The van der Waals surface area contributed by atoms with Crippen LogP contribution >= 0.6 is 0 Å². The summed E-state index contributed by atoms with van der Waals surface area (Å²) in [4.78, 5) is 28.6. The Morgan fingerprint density at radius 2 is 2.00 bits per heavy atom. The normalized spacial score (nSPS) is 14.4. The van der Waals surface area contributed by atoms with Crippen LogP contribution in [-0.4, -0.2) is 48.3 Å². The van der Waals surface area contributed by atoms with Crippen LogP contribution in [0, 0.1) is 10.1 Å². The minimum Gasteiger partial charge on any atom is -0.378 e. The van der Waals surface area contributed by atoms with Crippen LogP contribution in [0.3, 0.4) is 0 Å². The summed E-state index contributed by atoms with van der Waals surface area (Å²) in [5.41, 5.74) is 3.87. The van der Waals surface area contributed by atoms with Gasteiger partial charge in [-0.3, -0.25) is 19.9 Å². The lowest BCUT2D eigenvalue weighted by Gasteiger charge is -2.28. The van der Waals surface area contributed by atoms with Crippen molar-refractivity contribution in [1.82, 2.24) is 10.4 Å². The van der Waals surface area contributed by atoms with Gasteiger partial charge in [0.15, 0.2) is 0 Å². The van der Waals surface area contributed by atoms with Crippen molar-refractivity contribution in [2.45, 2.75) is 0 Å². The molecule has 0 radical (unpaired) electrons. The van der Waals surface area contributed by atoms with Crippen molar-refractivity contribution >= 4 is 23.5 Å². The lowest BCUT2D eigenvalue weighted by molar-refractivity contribution is -0.384. The van der Waals surface area contributed by atoms with Gasteiger partial charge in [-0.05, 0) is 18.2 Å². The minimum atomic E-state index is -0.419. The predicted octanol–water partition coefficient (Wildman–Crippen LogP) is 1.59. The summed E-state index contributed by atoms with van der Waals surface area (Å²) in [5.74, 6) is -0.386. The third-order valence-electron chi connectivity index (χ3n) is 3.87. The topological polar surface area (TPSA) is 110 Å². The predicted molar refractivity (Wildman–Crippen MR) is 95.4 cm³/mol. The van der Waals surface area contributed by atoms with Gasteiger partial charge in [0.2, 0.25) is 0 Å². The zero-order valence-electron chi connectivity index (χ0n) is 13.9. The van der Waals surface area contributed by atoms with E-state index in [1.807, 2.05) is 4.90 Å². The minimum absolute atomic E-state index is 0.00342. The molecule has 1 fully saturated rings. The highest BCUT2D eigenvalue weighted by Crippen LogP contribution is 2.29. The van der Waals surface area contributed by atoms with E-state index in [2.05, 4.69) is 15.5 Å². The molecule has 1 N–H and O–H groups in total. The number of amides is 1. The molecule has 1 amide bonds. The fourth-order valence-corrected chi connectivity index (χ4v) is 2.57. The number of pyridine rings is 1. The first-order valence-corrected chi connectivity index (χ1v) is 8.00. The average Bonchev–Trinajstić information content (AvgIpc) is 2.69. The van der Waals surface area contributed by atoms with Gasteiger partial charge in [0.1, 0.15) is 5.69 Å². The van der Waals surface area contributed by atoms with Gasteiger partial charge in [-0.2, -0.15) is 5.10 Å². The lowest BCUT2D eigenvalue weighted by Crippen LogP contribution is -2.36. The van der Waals surface area contributed by atoms with E-state index in [0.717, 1.165) is 0 Å². The summed E-state index contributed by atoms with van der Waals surface area (Å²) < 4.78 is 5.28. The number of carbonyl (C=O) groups is 1. The summed E-state index contributed by atoms with van der Waals surface area (Å²) in [5, 5.41) is 15.3. The molecular formula is C17H17N5O4. The molecule has 1 aromatic heterocycles. The fraction of sp³-hybridized carbons (Fsp3) is 0.235. The molecule has 0 spiro atoms. The molecule has 2 heterocycles. The molecular weight excluding hydrogens is 338 g/mol. The molecule has 9 nitrogen and oxygen atoms in total. The molecule has 0 bridgehead atoms. The number of nitrogens with zero attached hydrogens (tertiary/aromatic N) is 4. The number of hydrogen-bond acceptors (Lipinski definition) is 7. The largest absolute Gasteiger partial charge is 0.378 e. The Bertz CT molecular complexity index is 819. The van der Waals surface area contributed by atoms with Crippen LogP contribution in [0.2, 0.25) is 0 Å². The number of morpholine rings is 1. The number of carbonyl (C=O) groups excluding carboxylic acids is 1. The summed E-state index contributed by atoms with van der Waals surface area (Å²) in [6, 6.07) is 7.97. The van der Waals surface area contributed by atoms with E-state index in [1.165, 1.54) is 24.7 Å². The number of ether oxygens (including phenoxy) is 1. The number of aromatic nitrogens is 1. The van der Waals surface area contributed by atoms with Crippen LogP contribution in [-0.2, 0) is 4.74 Å². The van der Waals surface area contributed by atoms with E-state index in [9.17, 15) is 14.9 Å². The standard InChI is InChI=1S/C17H17N5O4/c23-17(14-3-5-18-6-4-14)20-19-12-13-1-2-15(16(11-13)22(24)25)21-7-9-26-10-8-21/h1-6,11-12H,7-10H2,(H,20,23)/b19-12+. The summed E-state index contributed by atoms with van der Waals surface area (Å²) in [7, 11) is 0. The smallest absolute Gasteiger partial charge is 0.293 e. The van der Waals surface area contributed by atoms with Crippen LogP contribution in [0.15, 0.2) is 47.8 Å². The molecule has 1 aliphatic rings. The number of rotatable bonds is 5. The first-order valence-electron chi connectivity index (χ1n) is 8.00. The molecule has 0 aliphatic carbocycles. The molecule has 0 unspecified atom stereocenters. The van der Waals surface area contributed by atoms with Crippen LogP contribution in [0.5, 0.6) is 0 Å². The first kappa shape index (κ1) is 17.5. The number of nitro groups is 1. The van der Waals surface area contributed by atoms with Gasteiger partial charge in [-0.25, -0.2) is 5.43 Å². The number of benzene rings is 1. The molecule has 26 heavy (non-hydrogen) atoms. The van der Waals surface area contributed by atoms with Gasteiger partial charge in [0.25, 0.3) is 11.6 Å². The van der Waals surface area contributed by atoms with Gasteiger partial charge < -0.3 is 9.64 Å². The van der Waals surface area contributed by atoms with Crippen molar-refractivity contribution in [3.05, 3.63) is 64.0 Å². The van der Waals surface area contributed by atoms with Crippen LogP contribution < -0.4 is 10.3 Å². The maximum absolute atomic E-state index is 11.9. The highest BCUT2D eigenvalue weighted by atomic mass is 16.6. The van der Waals surface area contributed by atoms with Crippen molar-refractivity contribution in [2.24, 2.45) is 5.10 Å².